The van der Waals surface area contributed by atoms with E-state index >= 15 is 0 Å². The molecule has 1 N–H and O–H groups in total. The van der Waals surface area contributed by atoms with Gasteiger partial charge in [-0.25, -0.2) is 0 Å². The lowest BCUT2D eigenvalue weighted by Gasteiger charge is -2.39. The minimum Gasteiger partial charge on any atom is -0.437 e. The maximum Gasteiger partial charge on any atom is 0.499 e. The topological polar surface area (TPSA) is 75.6 Å². The summed E-state index contributed by atoms with van der Waals surface area (Å²) in [6, 6.07) is 2.68. The Hall–Kier alpha value is 0.588. The van der Waals surface area contributed by atoms with E-state index in [1.165, 1.54) is 0 Å². The van der Waals surface area contributed by atoms with Gasteiger partial charge in [-0.15, -0.1) is 0 Å². The van der Waals surface area contributed by atoms with Crippen LogP contribution >= 0.6 is 0 Å². The van der Waals surface area contributed by atoms with Crippen molar-refractivity contribution in [2.45, 2.75) is 63.8 Å². The van der Waals surface area contributed by atoms with Gasteiger partial charge in [0.05, 0.1) is 13.2 Å². The van der Waals surface area contributed by atoms with E-state index in [1.807, 2.05) is 0 Å². The minimum atomic E-state index is -2.57. The van der Waals surface area contributed by atoms with Crippen molar-refractivity contribution in [3.05, 3.63) is 0 Å². The molecule has 0 aromatic rings. The first-order valence-corrected chi connectivity index (χ1v) is 20.6. The highest BCUT2D eigenvalue weighted by atomic mass is 28.5. The molecule has 0 amide bonds. The molecule has 0 radical (unpaired) electrons. The first kappa shape index (κ1) is 27.6. The quantitative estimate of drug-likeness (QED) is 0.280. The predicted molar refractivity (Wildman–Crippen MR) is 118 cm³/mol. The van der Waals surface area contributed by atoms with Gasteiger partial charge in [0.2, 0.25) is 0 Å². The highest BCUT2D eigenvalue weighted by Gasteiger charge is 2.43. The first-order valence-electron chi connectivity index (χ1n) is 9.61. The number of rotatable bonds is 16. The van der Waals surface area contributed by atoms with Crippen LogP contribution in [0.2, 0.25) is 57.4 Å². The molecule has 0 fully saturated rings. The van der Waals surface area contributed by atoms with Crippen molar-refractivity contribution in [3.8, 4) is 0 Å². The second kappa shape index (κ2) is 12.3. The van der Waals surface area contributed by atoms with Gasteiger partial charge < -0.3 is 31.4 Å². The number of ether oxygens (including phenoxy) is 1. The second-order valence-corrected chi connectivity index (χ2v) is 23.9. The monoisotopic (exact) mass is 458 g/mol. The zero-order valence-electron chi connectivity index (χ0n) is 18.8. The van der Waals surface area contributed by atoms with Crippen LogP contribution in [0.3, 0.4) is 0 Å². The molecule has 164 valence electrons. The molecule has 11 heteroatoms. The minimum absolute atomic E-state index is 0.0736. The summed E-state index contributed by atoms with van der Waals surface area (Å²) in [5, 5.41) is 8.76. The van der Waals surface area contributed by atoms with E-state index in [9.17, 15) is 0 Å². The fourth-order valence-corrected chi connectivity index (χ4v) is 21.0. The Bertz CT molecular complexity index is 396. The van der Waals surface area contributed by atoms with Crippen LogP contribution in [0.15, 0.2) is 0 Å². The van der Waals surface area contributed by atoms with Crippen LogP contribution in [-0.2, 0) is 26.2 Å². The maximum absolute atomic E-state index is 8.76. The SMILES string of the molecule is CO[Si](CC[Si](C)(C)O[Si](C)(C)O[Si](C)(C)CCCOCCO)(OC)OC. The van der Waals surface area contributed by atoms with E-state index in [-0.39, 0.29) is 6.61 Å². The predicted octanol–water partition coefficient (Wildman–Crippen LogP) is 3.41. The molecule has 0 aliphatic rings. The lowest BCUT2D eigenvalue weighted by molar-refractivity contribution is 0.0923. The average Bonchev–Trinajstić information content (AvgIpc) is 2.54. The van der Waals surface area contributed by atoms with Gasteiger partial charge in [0.1, 0.15) is 0 Å². The van der Waals surface area contributed by atoms with E-state index in [0.29, 0.717) is 13.2 Å². The molecule has 0 unspecified atom stereocenters. The molecule has 0 atom stereocenters. The van der Waals surface area contributed by atoms with Gasteiger partial charge in [-0.05, 0) is 57.8 Å². The average molecular weight is 459 g/mol. The normalized spacial score (nSPS) is 14.0. The summed E-state index contributed by atoms with van der Waals surface area (Å²) in [6.07, 6.45) is 0.953. The highest BCUT2D eigenvalue weighted by Crippen LogP contribution is 2.28. The third-order valence-corrected chi connectivity index (χ3v) is 18.9. The molecular formula is C16H42O7Si4. The van der Waals surface area contributed by atoms with Crippen LogP contribution < -0.4 is 0 Å². The molecule has 0 aromatic heterocycles. The largest absolute Gasteiger partial charge is 0.499 e. The Balaban J connectivity index is 4.63. The Labute approximate surface area is 170 Å². The van der Waals surface area contributed by atoms with Crippen LogP contribution in [0.1, 0.15) is 6.42 Å². The van der Waals surface area contributed by atoms with E-state index in [2.05, 4.69) is 39.3 Å². The van der Waals surface area contributed by atoms with E-state index in [1.54, 1.807) is 21.3 Å². The summed E-state index contributed by atoms with van der Waals surface area (Å²) in [7, 11) is -3.64. The molecule has 0 saturated heterocycles. The summed E-state index contributed by atoms with van der Waals surface area (Å²) in [4.78, 5) is 0. The fraction of sp³-hybridized carbons (Fsp3) is 1.00. The third-order valence-electron chi connectivity index (χ3n) is 4.31. The molecule has 27 heavy (non-hydrogen) atoms. The molecule has 0 aromatic carbocycles. The van der Waals surface area contributed by atoms with Crippen molar-refractivity contribution in [2.75, 3.05) is 41.2 Å². The van der Waals surface area contributed by atoms with Gasteiger partial charge >= 0.3 is 17.4 Å². The Morgan fingerprint density at radius 3 is 1.59 bits per heavy atom. The summed E-state index contributed by atoms with van der Waals surface area (Å²) < 4.78 is 35.2. The van der Waals surface area contributed by atoms with E-state index < -0.39 is 34.0 Å². The molecule has 0 rings (SSSR count). The van der Waals surface area contributed by atoms with Gasteiger partial charge in [0.25, 0.3) is 0 Å². The molecule has 0 saturated carbocycles. The molecule has 7 nitrogen and oxygen atoms in total. The third kappa shape index (κ3) is 12.0. The van der Waals surface area contributed by atoms with Crippen molar-refractivity contribution in [3.63, 3.8) is 0 Å². The van der Waals surface area contributed by atoms with Gasteiger partial charge in [-0.1, -0.05) is 0 Å². The van der Waals surface area contributed by atoms with Gasteiger partial charge in [0.15, 0.2) is 16.6 Å². The lowest BCUT2D eigenvalue weighted by atomic mass is 10.5. The first-order chi connectivity index (χ1) is 12.4. The standard InChI is InChI=1S/C16H42O7Si4/c1-18-27(19-2,20-3)16-15-25(6,7)23-26(8,9)22-24(4,5)14-10-12-21-13-11-17/h17H,10-16H2,1-9H3. The Morgan fingerprint density at radius 1 is 0.667 bits per heavy atom. The molecule has 0 aliphatic heterocycles. The van der Waals surface area contributed by atoms with Crippen LogP contribution in [0.25, 0.3) is 0 Å². The van der Waals surface area contributed by atoms with Crippen LogP contribution in [0, 0.1) is 0 Å². The van der Waals surface area contributed by atoms with Crippen molar-refractivity contribution in [1.29, 1.82) is 0 Å². The van der Waals surface area contributed by atoms with Gasteiger partial charge in [-0.3, -0.25) is 0 Å². The second-order valence-electron chi connectivity index (χ2n) is 8.36. The Kier molecular flexibility index (Phi) is 12.6. The van der Waals surface area contributed by atoms with Crippen LogP contribution in [0.4, 0.5) is 0 Å². The number of aliphatic hydroxyl groups excluding tert-OH is 1. The summed E-state index contributed by atoms with van der Waals surface area (Å²) in [6.45, 7) is 14.4. The molecule has 0 aliphatic carbocycles. The van der Waals surface area contributed by atoms with Crippen molar-refractivity contribution < 1.29 is 31.4 Å². The Morgan fingerprint density at radius 2 is 1.15 bits per heavy atom. The van der Waals surface area contributed by atoms with Gasteiger partial charge in [-0.2, -0.15) is 0 Å². The zero-order valence-corrected chi connectivity index (χ0v) is 22.8. The highest BCUT2D eigenvalue weighted by molar-refractivity contribution is 6.88. The number of aliphatic hydroxyl groups is 1. The van der Waals surface area contributed by atoms with Gasteiger partial charge in [0, 0.05) is 34.0 Å². The fourth-order valence-electron chi connectivity index (χ4n) is 3.23. The molecule has 0 heterocycles. The smallest absolute Gasteiger partial charge is 0.437 e. The van der Waals surface area contributed by atoms with Crippen molar-refractivity contribution in [1.82, 2.24) is 0 Å². The van der Waals surface area contributed by atoms with E-state index in [0.717, 1.165) is 24.6 Å². The maximum atomic E-state index is 8.76. The lowest BCUT2D eigenvalue weighted by Crippen LogP contribution is -2.53. The van der Waals surface area contributed by atoms with Crippen LogP contribution in [0.5, 0.6) is 0 Å². The van der Waals surface area contributed by atoms with Crippen molar-refractivity contribution in [2.24, 2.45) is 0 Å². The number of hydrogen-bond acceptors (Lipinski definition) is 7. The summed E-state index contributed by atoms with van der Waals surface area (Å²) in [5.41, 5.74) is 0. The summed E-state index contributed by atoms with van der Waals surface area (Å²) >= 11 is 0. The molecule has 0 spiro atoms. The zero-order chi connectivity index (χ0) is 21.2. The summed E-state index contributed by atoms with van der Waals surface area (Å²) in [5.74, 6) is 0. The van der Waals surface area contributed by atoms with E-state index in [4.69, 9.17) is 31.4 Å². The number of hydrogen-bond donors (Lipinski definition) is 1. The van der Waals surface area contributed by atoms with Crippen molar-refractivity contribution >= 4 is 34.0 Å². The van der Waals surface area contributed by atoms with Crippen LogP contribution in [-0.4, -0.2) is 80.3 Å². The molecule has 0 bridgehead atoms. The molecular weight excluding hydrogens is 417 g/mol.